The molecule has 6 atom stereocenters. The second-order valence-electron chi connectivity index (χ2n) is 9.31. The molecule has 0 bridgehead atoms. The van der Waals surface area contributed by atoms with E-state index >= 15 is 0 Å². The van der Waals surface area contributed by atoms with Crippen molar-refractivity contribution < 1.29 is 9.47 Å². The van der Waals surface area contributed by atoms with Gasteiger partial charge in [0.15, 0.2) is 5.79 Å². The van der Waals surface area contributed by atoms with Crippen LogP contribution in [-0.4, -0.2) is 20.0 Å². The van der Waals surface area contributed by atoms with Crippen LogP contribution in [0.1, 0.15) is 71.6 Å². The molecule has 4 rings (SSSR count). The molecular formula is C22H36O2. The lowest BCUT2D eigenvalue weighted by Gasteiger charge is -2.56. The minimum absolute atomic E-state index is 0.289. The van der Waals surface area contributed by atoms with Gasteiger partial charge in [-0.05, 0) is 86.9 Å². The quantitative estimate of drug-likeness (QED) is 0.486. The first-order chi connectivity index (χ1) is 11.6. The summed E-state index contributed by atoms with van der Waals surface area (Å²) < 4.78 is 11.6. The van der Waals surface area contributed by atoms with Gasteiger partial charge in [0.05, 0.1) is 0 Å². The average molecular weight is 333 g/mol. The van der Waals surface area contributed by atoms with Gasteiger partial charge in [0.25, 0.3) is 0 Å². The third-order valence-corrected chi connectivity index (χ3v) is 8.89. The third-order valence-electron chi connectivity index (χ3n) is 8.89. The Morgan fingerprint density at radius 3 is 2.38 bits per heavy atom. The van der Waals surface area contributed by atoms with Gasteiger partial charge in [-0.1, -0.05) is 18.6 Å². The van der Waals surface area contributed by atoms with Crippen LogP contribution in [0.15, 0.2) is 11.6 Å². The van der Waals surface area contributed by atoms with E-state index in [4.69, 9.17) is 9.47 Å². The summed E-state index contributed by atoms with van der Waals surface area (Å²) >= 11 is 0. The normalized spacial score (nSPS) is 48.7. The van der Waals surface area contributed by atoms with Crippen LogP contribution < -0.4 is 0 Å². The zero-order valence-corrected chi connectivity index (χ0v) is 16.1. The molecule has 136 valence electrons. The van der Waals surface area contributed by atoms with E-state index in [-0.39, 0.29) is 5.79 Å². The largest absolute Gasteiger partial charge is 0.353 e. The fourth-order valence-electron chi connectivity index (χ4n) is 7.60. The first kappa shape index (κ1) is 17.1. The van der Waals surface area contributed by atoms with Crippen molar-refractivity contribution in [1.29, 1.82) is 0 Å². The van der Waals surface area contributed by atoms with E-state index in [1.54, 1.807) is 5.57 Å². The summed E-state index contributed by atoms with van der Waals surface area (Å²) in [5.41, 5.74) is 2.30. The molecule has 4 aliphatic carbocycles. The maximum Gasteiger partial charge on any atom is 0.167 e. The van der Waals surface area contributed by atoms with Crippen LogP contribution in [0.25, 0.3) is 0 Å². The van der Waals surface area contributed by atoms with Gasteiger partial charge in [-0.3, -0.25) is 0 Å². The molecule has 0 N–H and O–H groups in total. The zero-order valence-electron chi connectivity index (χ0n) is 16.1. The van der Waals surface area contributed by atoms with E-state index in [1.807, 2.05) is 14.2 Å². The Morgan fingerprint density at radius 2 is 1.67 bits per heavy atom. The number of ether oxygens (including phenoxy) is 2. The lowest BCUT2D eigenvalue weighted by atomic mass is 9.50. The average Bonchev–Trinajstić information content (AvgIpc) is 2.97. The molecule has 0 aromatic rings. The van der Waals surface area contributed by atoms with Crippen LogP contribution in [-0.2, 0) is 9.47 Å². The van der Waals surface area contributed by atoms with Crippen molar-refractivity contribution in [1.82, 2.24) is 0 Å². The minimum atomic E-state index is -0.289. The highest BCUT2D eigenvalue weighted by atomic mass is 16.7. The van der Waals surface area contributed by atoms with Crippen LogP contribution in [0.5, 0.6) is 0 Å². The van der Waals surface area contributed by atoms with Crippen molar-refractivity contribution in [3.8, 4) is 0 Å². The fraction of sp³-hybridized carbons (Fsp3) is 0.909. The third kappa shape index (κ3) is 2.35. The smallest absolute Gasteiger partial charge is 0.167 e. The highest BCUT2D eigenvalue weighted by molar-refractivity contribution is 5.23. The van der Waals surface area contributed by atoms with E-state index in [9.17, 15) is 0 Å². The summed E-state index contributed by atoms with van der Waals surface area (Å²) in [6, 6.07) is 0. The molecule has 0 radical (unpaired) electrons. The second-order valence-corrected chi connectivity index (χ2v) is 9.31. The molecule has 0 spiro atoms. The molecular weight excluding hydrogens is 296 g/mol. The summed E-state index contributed by atoms with van der Waals surface area (Å²) in [6.45, 7) is 4.85. The predicted molar refractivity (Wildman–Crippen MR) is 97.6 cm³/mol. The topological polar surface area (TPSA) is 18.5 Å². The lowest BCUT2D eigenvalue weighted by molar-refractivity contribution is -0.246. The molecule has 4 aliphatic rings. The first-order valence-electron chi connectivity index (χ1n) is 10.3. The van der Waals surface area contributed by atoms with Crippen LogP contribution in [0, 0.1) is 35.0 Å². The van der Waals surface area contributed by atoms with E-state index in [0.717, 1.165) is 42.4 Å². The Hall–Kier alpha value is -0.340. The van der Waals surface area contributed by atoms with E-state index in [1.165, 1.54) is 44.9 Å². The number of methoxy groups -OCH3 is 2. The number of rotatable bonds is 2. The van der Waals surface area contributed by atoms with Crippen LogP contribution in [0.4, 0.5) is 0 Å². The first-order valence-corrected chi connectivity index (χ1v) is 10.3. The Balaban J connectivity index is 1.54. The van der Waals surface area contributed by atoms with Crippen molar-refractivity contribution in [2.45, 2.75) is 77.4 Å². The van der Waals surface area contributed by atoms with Crippen molar-refractivity contribution in [2.75, 3.05) is 14.2 Å². The number of hydrogen-bond donors (Lipinski definition) is 0. The van der Waals surface area contributed by atoms with Gasteiger partial charge < -0.3 is 9.47 Å². The van der Waals surface area contributed by atoms with Crippen molar-refractivity contribution >= 4 is 0 Å². The number of allylic oxidation sites excluding steroid dienone is 2. The van der Waals surface area contributed by atoms with Gasteiger partial charge in [0.1, 0.15) is 0 Å². The highest BCUT2D eigenvalue weighted by Gasteiger charge is 2.56. The molecule has 0 saturated heterocycles. The lowest BCUT2D eigenvalue weighted by Crippen LogP contribution is -2.51. The van der Waals surface area contributed by atoms with Gasteiger partial charge in [0, 0.05) is 27.1 Å². The Labute approximate surface area is 148 Å². The van der Waals surface area contributed by atoms with E-state index in [2.05, 4.69) is 19.9 Å². The summed E-state index contributed by atoms with van der Waals surface area (Å²) in [7, 11) is 3.66. The molecule has 0 unspecified atom stereocenters. The van der Waals surface area contributed by atoms with E-state index in [0.29, 0.717) is 5.41 Å². The Bertz CT molecular complexity index is 506. The van der Waals surface area contributed by atoms with Crippen LogP contribution in [0.2, 0.25) is 0 Å². The molecule has 2 nitrogen and oxygen atoms in total. The van der Waals surface area contributed by atoms with Crippen LogP contribution in [0.3, 0.4) is 0 Å². The molecule has 0 aliphatic heterocycles. The maximum absolute atomic E-state index is 5.80. The molecule has 4 saturated carbocycles. The second kappa shape index (κ2) is 6.13. The fourth-order valence-corrected chi connectivity index (χ4v) is 7.60. The molecule has 0 amide bonds. The Morgan fingerprint density at radius 1 is 0.917 bits per heavy atom. The van der Waals surface area contributed by atoms with Gasteiger partial charge in [0.2, 0.25) is 0 Å². The summed E-state index contributed by atoms with van der Waals surface area (Å²) in [5, 5.41) is 0. The summed E-state index contributed by atoms with van der Waals surface area (Å²) in [4.78, 5) is 0. The molecule has 24 heavy (non-hydrogen) atoms. The van der Waals surface area contributed by atoms with Gasteiger partial charge in [-0.2, -0.15) is 0 Å². The SMILES string of the molecule is C/C=C1/CC[C@H]2[C@@H]3CC[C@H]4CC(OC)(OC)CC[C@@H]4[C@H]3CC[C@]12C. The predicted octanol–water partition coefficient (Wildman–Crippen LogP) is 5.57. The minimum Gasteiger partial charge on any atom is -0.353 e. The van der Waals surface area contributed by atoms with Gasteiger partial charge >= 0.3 is 0 Å². The molecule has 0 aromatic carbocycles. The zero-order chi connectivity index (χ0) is 16.9. The summed E-state index contributed by atoms with van der Waals surface area (Å²) in [5.74, 6) is 4.39. The van der Waals surface area contributed by atoms with Crippen molar-refractivity contribution in [3.05, 3.63) is 11.6 Å². The van der Waals surface area contributed by atoms with E-state index < -0.39 is 0 Å². The number of hydrogen-bond acceptors (Lipinski definition) is 2. The van der Waals surface area contributed by atoms with Crippen molar-refractivity contribution in [2.24, 2.45) is 35.0 Å². The molecule has 0 aromatic heterocycles. The molecule has 0 heterocycles. The highest BCUT2D eigenvalue weighted by Crippen LogP contribution is 2.64. The van der Waals surface area contributed by atoms with Gasteiger partial charge in [-0.25, -0.2) is 0 Å². The summed E-state index contributed by atoms with van der Waals surface area (Å²) in [6.07, 6.45) is 14.5. The van der Waals surface area contributed by atoms with Crippen LogP contribution >= 0.6 is 0 Å². The molecule has 2 heteroatoms. The standard InChI is InChI=1S/C22H36O2/c1-5-16-7-9-20-19-8-6-15-14-22(23-3,24-4)13-11-17(15)18(19)10-12-21(16,20)2/h5,15,17-20H,6-14H2,1-4H3/b16-5-/t15-,17-,18+,19+,20-,21+/m0/s1. The number of fused-ring (bicyclic) bond motifs is 5. The molecule has 4 fully saturated rings. The maximum atomic E-state index is 5.80. The van der Waals surface area contributed by atoms with Gasteiger partial charge in [-0.15, -0.1) is 0 Å². The Kier molecular flexibility index (Phi) is 4.36. The van der Waals surface area contributed by atoms with Crippen molar-refractivity contribution in [3.63, 3.8) is 0 Å². The monoisotopic (exact) mass is 332 g/mol.